The van der Waals surface area contributed by atoms with Gasteiger partial charge in [-0.15, -0.1) is 0 Å². The minimum atomic E-state index is -0.275. The summed E-state index contributed by atoms with van der Waals surface area (Å²) in [7, 11) is 0. The Kier molecular flexibility index (Phi) is 4.11. The van der Waals surface area contributed by atoms with Gasteiger partial charge in [-0.05, 0) is 45.4 Å². The zero-order chi connectivity index (χ0) is 16.6. The molecule has 23 heavy (non-hydrogen) atoms. The smallest absolute Gasteiger partial charge is 0.247 e. The summed E-state index contributed by atoms with van der Waals surface area (Å²) < 4.78 is 7.76. The van der Waals surface area contributed by atoms with Crippen LogP contribution in [0.4, 0.5) is 0 Å². The molecule has 1 aromatic carbocycles. The fourth-order valence-corrected chi connectivity index (χ4v) is 2.97. The zero-order valence-electron chi connectivity index (χ0n) is 14.1. The quantitative estimate of drug-likeness (QED) is 0.872. The lowest BCUT2D eigenvalue weighted by molar-refractivity contribution is -0.143. The minimum Gasteiger partial charge on any atom is -0.486 e. The maximum absolute atomic E-state index is 12.6. The van der Waals surface area contributed by atoms with E-state index in [9.17, 15) is 4.79 Å². The third kappa shape index (κ3) is 3.09. The minimum absolute atomic E-state index is 0.0766. The van der Waals surface area contributed by atoms with E-state index >= 15 is 0 Å². The number of benzene rings is 1. The molecule has 0 saturated carbocycles. The van der Waals surface area contributed by atoms with Crippen molar-refractivity contribution in [3.63, 3.8) is 0 Å². The maximum Gasteiger partial charge on any atom is 0.247 e. The first-order valence-corrected chi connectivity index (χ1v) is 7.99. The SMILES string of the molecule is Cc1cc(C)n([C@@H](C)C(=O)N2CC(Oc3ccccc3C)C2)n1. The Balaban J connectivity index is 1.57. The highest BCUT2D eigenvalue weighted by atomic mass is 16.5. The van der Waals surface area contributed by atoms with Crippen molar-refractivity contribution >= 4 is 5.91 Å². The molecule has 0 aliphatic carbocycles. The van der Waals surface area contributed by atoms with Crippen LogP contribution in [0.2, 0.25) is 0 Å². The number of para-hydroxylation sites is 1. The van der Waals surface area contributed by atoms with Crippen LogP contribution in [-0.2, 0) is 4.79 Å². The van der Waals surface area contributed by atoms with Gasteiger partial charge in [0.25, 0.3) is 0 Å². The van der Waals surface area contributed by atoms with Gasteiger partial charge < -0.3 is 9.64 Å². The molecular weight excluding hydrogens is 290 g/mol. The summed E-state index contributed by atoms with van der Waals surface area (Å²) in [5.41, 5.74) is 3.07. The van der Waals surface area contributed by atoms with E-state index in [-0.39, 0.29) is 18.1 Å². The first-order valence-electron chi connectivity index (χ1n) is 7.99. The summed E-state index contributed by atoms with van der Waals surface area (Å²) in [6, 6.07) is 9.68. The van der Waals surface area contributed by atoms with E-state index in [4.69, 9.17) is 4.74 Å². The molecule has 1 fully saturated rings. The highest BCUT2D eigenvalue weighted by Gasteiger charge is 2.35. The van der Waals surface area contributed by atoms with Gasteiger partial charge in [0.1, 0.15) is 17.9 Å². The number of likely N-dealkylation sites (tertiary alicyclic amines) is 1. The molecule has 2 heterocycles. The number of aryl methyl sites for hydroxylation is 3. The number of rotatable bonds is 4. The van der Waals surface area contributed by atoms with Crippen LogP contribution in [0.1, 0.15) is 29.9 Å². The second-order valence-corrected chi connectivity index (χ2v) is 6.30. The Morgan fingerprint density at radius 3 is 2.57 bits per heavy atom. The largest absolute Gasteiger partial charge is 0.486 e. The number of carbonyl (C=O) groups is 1. The molecule has 0 spiro atoms. The summed E-state index contributed by atoms with van der Waals surface area (Å²) in [6.07, 6.45) is 0.0766. The lowest BCUT2D eigenvalue weighted by Gasteiger charge is -2.40. The van der Waals surface area contributed by atoms with Gasteiger partial charge in [0, 0.05) is 5.69 Å². The number of aromatic nitrogens is 2. The average Bonchev–Trinajstić information content (AvgIpc) is 2.81. The Labute approximate surface area is 136 Å². The third-order valence-electron chi connectivity index (χ3n) is 4.32. The fourth-order valence-electron chi connectivity index (χ4n) is 2.97. The van der Waals surface area contributed by atoms with E-state index in [0.29, 0.717) is 13.1 Å². The van der Waals surface area contributed by atoms with Crippen LogP contribution in [0.15, 0.2) is 30.3 Å². The Bertz CT molecular complexity index is 717. The summed E-state index contributed by atoms with van der Waals surface area (Å²) in [6.45, 7) is 9.12. The van der Waals surface area contributed by atoms with Gasteiger partial charge in [-0.25, -0.2) is 0 Å². The molecule has 1 amide bonds. The first-order chi connectivity index (χ1) is 11.0. The van der Waals surface area contributed by atoms with E-state index in [2.05, 4.69) is 5.10 Å². The lowest BCUT2D eigenvalue weighted by atomic mass is 10.1. The summed E-state index contributed by atoms with van der Waals surface area (Å²) in [5.74, 6) is 0.997. The summed E-state index contributed by atoms with van der Waals surface area (Å²) >= 11 is 0. The number of hydrogen-bond donors (Lipinski definition) is 0. The normalized spacial score (nSPS) is 16.1. The topological polar surface area (TPSA) is 47.4 Å². The second kappa shape index (κ2) is 6.07. The van der Waals surface area contributed by atoms with Crippen molar-refractivity contribution in [3.05, 3.63) is 47.3 Å². The van der Waals surface area contributed by atoms with Crippen molar-refractivity contribution in [2.75, 3.05) is 13.1 Å². The third-order valence-corrected chi connectivity index (χ3v) is 4.32. The van der Waals surface area contributed by atoms with Crippen LogP contribution in [0.5, 0.6) is 5.75 Å². The zero-order valence-corrected chi connectivity index (χ0v) is 14.1. The van der Waals surface area contributed by atoms with Gasteiger partial charge in [0.05, 0.1) is 18.8 Å². The highest BCUT2D eigenvalue weighted by molar-refractivity contribution is 5.81. The van der Waals surface area contributed by atoms with Crippen molar-refractivity contribution in [1.82, 2.24) is 14.7 Å². The van der Waals surface area contributed by atoms with Crippen molar-refractivity contribution in [3.8, 4) is 5.75 Å². The maximum atomic E-state index is 12.6. The van der Waals surface area contributed by atoms with Crippen LogP contribution in [0.25, 0.3) is 0 Å². The van der Waals surface area contributed by atoms with Gasteiger partial charge >= 0.3 is 0 Å². The predicted molar refractivity (Wildman–Crippen MR) is 88.6 cm³/mol. The molecule has 1 aliphatic rings. The molecule has 0 N–H and O–H groups in total. The van der Waals surface area contributed by atoms with Crippen molar-refractivity contribution < 1.29 is 9.53 Å². The van der Waals surface area contributed by atoms with Gasteiger partial charge in [-0.1, -0.05) is 18.2 Å². The van der Waals surface area contributed by atoms with Gasteiger partial charge in [0.15, 0.2) is 0 Å². The van der Waals surface area contributed by atoms with Crippen molar-refractivity contribution in [1.29, 1.82) is 0 Å². The Morgan fingerprint density at radius 1 is 1.26 bits per heavy atom. The number of carbonyl (C=O) groups excluding carboxylic acids is 1. The average molecular weight is 313 g/mol. The Hall–Kier alpha value is -2.30. The second-order valence-electron chi connectivity index (χ2n) is 6.30. The molecule has 0 unspecified atom stereocenters. The van der Waals surface area contributed by atoms with Crippen LogP contribution >= 0.6 is 0 Å². The lowest BCUT2D eigenvalue weighted by Crippen LogP contribution is -2.57. The molecule has 2 aromatic rings. The molecule has 122 valence electrons. The first kappa shape index (κ1) is 15.6. The number of nitrogens with zero attached hydrogens (tertiary/aromatic N) is 3. The van der Waals surface area contributed by atoms with Gasteiger partial charge in [-0.3, -0.25) is 9.48 Å². The number of ether oxygens (including phenoxy) is 1. The Morgan fingerprint density at radius 2 is 1.96 bits per heavy atom. The number of hydrogen-bond acceptors (Lipinski definition) is 3. The van der Waals surface area contributed by atoms with Crippen molar-refractivity contribution in [2.45, 2.75) is 39.8 Å². The van der Waals surface area contributed by atoms with E-state index < -0.39 is 0 Å². The molecule has 3 rings (SSSR count). The van der Waals surface area contributed by atoms with Crippen molar-refractivity contribution in [2.24, 2.45) is 0 Å². The van der Waals surface area contributed by atoms with E-state index in [1.54, 1.807) is 4.68 Å². The van der Waals surface area contributed by atoms with E-state index in [1.807, 2.05) is 62.9 Å². The summed E-state index contributed by atoms with van der Waals surface area (Å²) in [5, 5.41) is 4.41. The molecule has 5 heteroatoms. The molecule has 1 saturated heterocycles. The van der Waals surface area contributed by atoms with E-state index in [0.717, 1.165) is 22.7 Å². The summed E-state index contributed by atoms with van der Waals surface area (Å²) in [4.78, 5) is 14.4. The molecule has 5 nitrogen and oxygen atoms in total. The fraction of sp³-hybridized carbons (Fsp3) is 0.444. The molecule has 1 aromatic heterocycles. The molecular formula is C18H23N3O2. The van der Waals surface area contributed by atoms with Gasteiger partial charge in [-0.2, -0.15) is 5.10 Å². The van der Waals surface area contributed by atoms with Crippen LogP contribution in [0, 0.1) is 20.8 Å². The predicted octanol–water partition coefficient (Wildman–Crippen LogP) is 2.66. The number of amides is 1. The van der Waals surface area contributed by atoms with Crippen LogP contribution in [-0.4, -0.2) is 39.8 Å². The molecule has 0 bridgehead atoms. The van der Waals surface area contributed by atoms with Crippen LogP contribution in [0.3, 0.4) is 0 Å². The molecule has 0 radical (unpaired) electrons. The standard InChI is InChI=1S/C18H23N3O2/c1-12-7-5-6-8-17(12)23-16-10-20(11-16)18(22)15(4)21-14(3)9-13(2)19-21/h5-9,15-16H,10-11H2,1-4H3/t15-/m0/s1. The molecule has 1 aliphatic heterocycles. The highest BCUT2D eigenvalue weighted by Crippen LogP contribution is 2.23. The van der Waals surface area contributed by atoms with Crippen LogP contribution < -0.4 is 4.74 Å². The van der Waals surface area contributed by atoms with E-state index in [1.165, 1.54) is 0 Å². The van der Waals surface area contributed by atoms with Gasteiger partial charge in [0.2, 0.25) is 5.91 Å². The monoisotopic (exact) mass is 313 g/mol. The molecule has 1 atom stereocenters.